The quantitative estimate of drug-likeness (QED) is 0.471. The number of rotatable bonds is 6. The van der Waals surface area contributed by atoms with E-state index in [1.807, 2.05) is 37.2 Å². The monoisotopic (exact) mass is 456 g/mol. The van der Waals surface area contributed by atoms with Gasteiger partial charge in [0.05, 0.1) is 17.3 Å². The van der Waals surface area contributed by atoms with Crippen molar-refractivity contribution in [3.8, 4) is 5.69 Å². The lowest BCUT2D eigenvalue weighted by Crippen LogP contribution is -2.40. The average Bonchev–Trinajstić information content (AvgIpc) is 3.44. The first kappa shape index (κ1) is 22.2. The molecule has 0 spiro atoms. The van der Waals surface area contributed by atoms with Crippen LogP contribution in [0.1, 0.15) is 50.1 Å². The van der Waals surface area contributed by atoms with Crippen LogP contribution < -0.4 is 10.6 Å². The van der Waals surface area contributed by atoms with E-state index in [2.05, 4.69) is 44.9 Å². The predicted octanol–water partition coefficient (Wildman–Crippen LogP) is 5.31. The molecule has 0 aliphatic heterocycles. The van der Waals surface area contributed by atoms with Gasteiger partial charge < -0.3 is 9.33 Å². The summed E-state index contributed by atoms with van der Waals surface area (Å²) in [6, 6.07) is 8.01. The van der Waals surface area contributed by atoms with Crippen LogP contribution in [0.4, 0.5) is 5.82 Å². The first-order valence-electron chi connectivity index (χ1n) is 10.8. The fourth-order valence-electron chi connectivity index (χ4n) is 3.21. The van der Waals surface area contributed by atoms with Crippen LogP contribution in [0.2, 0.25) is 18.1 Å². The zero-order chi connectivity index (χ0) is 22.6. The molecule has 4 rings (SSSR count). The van der Waals surface area contributed by atoms with Gasteiger partial charge in [0.15, 0.2) is 19.8 Å². The lowest BCUT2D eigenvalue weighted by atomic mass is 10.2. The Morgan fingerprint density at radius 2 is 1.94 bits per heavy atom. The third-order valence-electron chi connectivity index (χ3n) is 6.36. The number of thiazole rings is 1. The van der Waals surface area contributed by atoms with Crippen LogP contribution in [0.25, 0.3) is 16.0 Å². The molecule has 0 saturated heterocycles. The summed E-state index contributed by atoms with van der Waals surface area (Å²) in [5.41, 5.74) is 2.25. The number of aromatic nitrogens is 3. The smallest absolute Gasteiger partial charge is 0.355 e. The first-order valence-corrected chi connectivity index (χ1v) is 14.5. The molecule has 0 atom stereocenters. The summed E-state index contributed by atoms with van der Waals surface area (Å²) >= 11 is 1.67. The summed E-state index contributed by atoms with van der Waals surface area (Å²) in [6.07, 6.45) is 2.35. The minimum absolute atomic E-state index is 0.152. The Morgan fingerprint density at radius 1 is 1.23 bits per heavy atom. The summed E-state index contributed by atoms with van der Waals surface area (Å²) in [4.78, 5) is 24.3. The van der Waals surface area contributed by atoms with Gasteiger partial charge in [-0.2, -0.15) is 4.98 Å². The van der Waals surface area contributed by atoms with Crippen LogP contribution in [0.5, 0.6) is 0 Å². The van der Waals surface area contributed by atoms with E-state index in [9.17, 15) is 4.79 Å². The molecule has 3 aromatic rings. The Balaban J connectivity index is 1.75. The van der Waals surface area contributed by atoms with E-state index >= 15 is 0 Å². The third-order valence-corrected chi connectivity index (χ3v) is 12.0. The summed E-state index contributed by atoms with van der Waals surface area (Å²) in [5.74, 6) is 1.22. The largest absolute Gasteiger partial charge is 0.413 e. The molecule has 6 nitrogen and oxygen atoms in total. The molecule has 0 amide bonds. The highest BCUT2D eigenvalue weighted by Crippen LogP contribution is 2.44. The summed E-state index contributed by atoms with van der Waals surface area (Å²) in [5, 5.41) is 1.26. The molecule has 31 heavy (non-hydrogen) atoms. The molecule has 0 bridgehead atoms. The Morgan fingerprint density at radius 3 is 2.55 bits per heavy atom. The van der Waals surface area contributed by atoms with E-state index in [4.69, 9.17) is 9.41 Å². The maximum Gasteiger partial charge on any atom is 0.355 e. The van der Waals surface area contributed by atoms with Gasteiger partial charge in [-0.25, -0.2) is 14.3 Å². The maximum absolute atomic E-state index is 13.1. The van der Waals surface area contributed by atoms with Gasteiger partial charge in [0.25, 0.3) is 0 Å². The van der Waals surface area contributed by atoms with Crippen molar-refractivity contribution in [1.29, 1.82) is 0 Å². The highest BCUT2D eigenvalue weighted by molar-refractivity contribution is 7.19. The van der Waals surface area contributed by atoms with Gasteiger partial charge in [-0.3, -0.25) is 0 Å². The van der Waals surface area contributed by atoms with Crippen molar-refractivity contribution in [3.63, 3.8) is 0 Å². The van der Waals surface area contributed by atoms with E-state index in [0.717, 1.165) is 21.0 Å². The van der Waals surface area contributed by atoms with Crippen molar-refractivity contribution in [1.82, 2.24) is 14.5 Å². The number of fused-ring (bicyclic) bond motifs is 1. The van der Waals surface area contributed by atoms with Crippen LogP contribution in [0.3, 0.4) is 0 Å². The molecule has 0 N–H and O–H groups in total. The minimum atomic E-state index is -1.86. The van der Waals surface area contributed by atoms with E-state index in [1.54, 1.807) is 15.9 Å². The second kappa shape index (κ2) is 7.83. The minimum Gasteiger partial charge on any atom is -0.413 e. The molecule has 166 valence electrons. The zero-order valence-electron chi connectivity index (χ0n) is 19.5. The zero-order valence-corrected chi connectivity index (χ0v) is 21.3. The Hall–Kier alpha value is -2.03. The Bertz CT molecular complexity index is 1170. The molecule has 1 saturated carbocycles. The van der Waals surface area contributed by atoms with Gasteiger partial charge in [0.2, 0.25) is 0 Å². The molecule has 1 fully saturated rings. The molecule has 1 aromatic carbocycles. The van der Waals surface area contributed by atoms with Gasteiger partial charge in [-0.05, 0) is 48.7 Å². The molecule has 1 aliphatic rings. The topological polar surface area (TPSA) is 60.2 Å². The highest BCUT2D eigenvalue weighted by atomic mass is 32.1. The maximum atomic E-state index is 13.1. The predicted molar refractivity (Wildman–Crippen MR) is 131 cm³/mol. The van der Waals surface area contributed by atoms with Crippen molar-refractivity contribution in [2.24, 2.45) is 0 Å². The van der Waals surface area contributed by atoms with Crippen molar-refractivity contribution < 1.29 is 4.43 Å². The SMILES string of the molecule is CN(C)c1nc(=O)n(-c2cccc(CO[Si](C)(C)C(C)(C)C)c2)c2nc(C3CC3)sc12. The van der Waals surface area contributed by atoms with Crippen LogP contribution in [-0.4, -0.2) is 36.9 Å². The normalized spacial score (nSPS) is 14.9. The lowest BCUT2D eigenvalue weighted by molar-refractivity contribution is 0.276. The van der Waals surface area contributed by atoms with E-state index in [1.165, 1.54) is 12.8 Å². The van der Waals surface area contributed by atoms with Crippen molar-refractivity contribution in [2.75, 3.05) is 19.0 Å². The first-order chi connectivity index (χ1) is 14.5. The van der Waals surface area contributed by atoms with Crippen LogP contribution in [-0.2, 0) is 11.0 Å². The van der Waals surface area contributed by atoms with E-state index in [0.29, 0.717) is 24.0 Å². The van der Waals surface area contributed by atoms with Crippen molar-refractivity contribution in [2.45, 2.75) is 64.3 Å². The molecule has 8 heteroatoms. The van der Waals surface area contributed by atoms with Gasteiger partial charge in [0, 0.05) is 20.0 Å². The van der Waals surface area contributed by atoms with Gasteiger partial charge in [0.1, 0.15) is 4.70 Å². The van der Waals surface area contributed by atoms with E-state index in [-0.39, 0.29) is 10.7 Å². The molecule has 1 aliphatic carbocycles. The van der Waals surface area contributed by atoms with Gasteiger partial charge >= 0.3 is 5.69 Å². The average molecular weight is 457 g/mol. The molecular formula is C23H32N4O2SSi. The fraction of sp³-hybridized carbons (Fsp3) is 0.522. The highest BCUT2D eigenvalue weighted by Gasteiger charge is 2.37. The second-order valence-corrected chi connectivity index (χ2v) is 16.0. The molecule has 0 unspecified atom stereocenters. The van der Waals surface area contributed by atoms with Crippen molar-refractivity contribution in [3.05, 3.63) is 45.3 Å². The number of nitrogens with zero attached hydrogens (tertiary/aromatic N) is 4. The van der Waals surface area contributed by atoms with Gasteiger partial charge in [-0.15, -0.1) is 11.3 Å². The van der Waals surface area contributed by atoms with Crippen LogP contribution in [0.15, 0.2) is 29.1 Å². The molecule has 0 radical (unpaired) electrons. The van der Waals surface area contributed by atoms with Crippen LogP contribution in [0, 0.1) is 0 Å². The second-order valence-electron chi connectivity index (χ2n) is 10.1. The third kappa shape index (κ3) is 4.33. The number of benzene rings is 1. The van der Waals surface area contributed by atoms with Crippen molar-refractivity contribution >= 4 is 35.8 Å². The fourth-order valence-corrected chi connectivity index (χ4v) is 5.47. The molecular weight excluding hydrogens is 424 g/mol. The van der Waals surface area contributed by atoms with Crippen LogP contribution >= 0.6 is 11.3 Å². The summed E-state index contributed by atoms with van der Waals surface area (Å²) in [6.45, 7) is 11.8. The molecule has 2 aromatic heterocycles. The summed E-state index contributed by atoms with van der Waals surface area (Å²) < 4.78 is 9.02. The summed E-state index contributed by atoms with van der Waals surface area (Å²) in [7, 11) is 1.98. The number of hydrogen-bond donors (Lipinski definition) is 0. The Kier molecular flexibility index (Phi) is 5.60. The number of hydrogen-bond acceptors (Lipinski definition) is 6. The lowest BCUT2D eigenvalue weighted by Gasteiger charge is -2.36. The van der Waals surface area contributed by atoms with E-state index < -0.39 is 8.32 Å². The molecule has 2 heterocycles. The standard InChI is InChI=1S/C23H32N4O2SSi/c1-23(2,3)31(6,7)29-14-15-9-8-10-17(13-15)27-20-18(19(26(4)5)25-22(27)28)30-21(24-20)16-11-12-16/h8-10,13,16H,11-12,14H2,1-7H3. The van der Waals surface area contributed by atoms with Gasteiger partial charge in [-0.1, -0.05) is 32.9 Å². The number of anilines is 1. The Labute approximate surface area is 189 Å².